The van der Waals surface area contributed by atoms with Gasteiger partial charge in [0.15, 0.2) is 5.58 Å². The van der Waals surface area contributed by atoms with Gasteiger partial charge in [0, 0.05) is 38.2 Å². The van der Waals surface area contributed by atoms with Gasteiger partial charge in [-0.15, -0.1) is 0 Å². The van der Waals surface area contributed by atoms with E-state index in [4.69, 9.17) is 4.42 Å². The summed E-state index contributed by atoms with van der Waals surface area (Å²) in [5.74, 6) is -2.59. The molecule has 34 heavy (non-hydrogen) atoms. The molecule has 0 radical (unpaired) electrons. The zero-order chi connectivity index (χ0) is 24.5. The van der Waals surface area contributed by atoms with Gasteiger partial charge in [0.05, 0.1) is 16.1 Å². The molecule has 1 saturated heterocycles. The topological polar surface area (TPSA) is 102 Å². The van der Waals surface area contributed by atoms with Crippen LogP contribution >= 0.6 is 0 Å². The van der Waals surface area contributed by atoms with Crippen LogP contribution in [0.25, 0.3) is 11.1 Å². The number of hydrogen-bond donors (Lipinski definition) is 1. The number of aromatic nitrogens is 1. The average Bonchev–Trinajstić information content (AvgIpc) is 3.11. The standard InChI is InChI=1S/C23H25F2N3O5S/c1-2-9-28-20-6-4-17(14-21(20)33-23(28)30)34(31,32)27-10-7-15(8-11-27)12-22(29)26-19-5-3-16(24)13-18(19)25/h3-6,13-15H,2,7-12H2,1H3,(H,26,29). The van der Waals surface area contributed by atoms with Gasteiger partial charge < -0.3 is 9.73 Å². The monoisotopic (exact) mass is 493 g/mol. The molecule has 0 saturated carbocycles. The Morgan fingerprint density at radius 2 is 1.88 bits per heavy atom. The molecule has 0 atom stereocenters. The van der Waals surface area contributed by atoms with Gasteiger partial charge in [0.2, 0.25) is 15.9 Å². The van der Waals surface area contributed by atoms with Crippen molar-refractivity contribution in [2.24, 2.45) is 5.92 Å². The molecule has 0 aliphatic carbocycles. The van der Waals surface area contributed by atoms with E-state index in [1.54, 1.807) is 6.07 Å². The Bertz CT molecular complexity index is 1370. The van der Waals surface area contributed by atoms with Gasteiger partial charge in [-0.1, -0.05) is 6.92 Å². The van der Waals surface area contributed by atoms with Crippen LogP contribution in [-0.2, 0) is 21.4 Å². The lowest BCUT2D eigenvalue weighted by Crippen LogP contribution is -2.39. The number of anilines is 1. The minimum absolute atomic E-state index is 0.0420. The second-order valence-electron chi connectivity index (χ2n) is 8.37. The summed E-state index contributed by atoms with van der Waals surface area (Å²) in [6.45, 7) is 2.86. The Labute approximate surface area is 195 Å². The van der Waals surface area contributed by atoms with E-state index in [9.17, 15) is 26.8 Å². The van der Waals surface area contributed by atoms with Gasteiger partial charge in [-0.3, -0.25) is 9.36 Å². The van der Waals surface area contributed by atoms with Crippen LogP contribution in [0.1, 0.15) is 32.6 Å². The first kappa shape index (κ1) is 24.1. The number of rotatable bonds is 7. The number of amides is 1. The largest absolute Gasteiger partial charge is 0.419 e. The highest BCUT2D eigenvalue weighted by Gasteiger charge is 2.31. The fourth-order valence-corrected chi connectivity index (χ4v) is 5.69. The summed E-state index contributed by atoms with van der Waals surface area (Å²) in [4.78, 5) is 24.3. The zero-order valence-electron chi connectivity index (χ0n) is 18.6. The molecule has 2 aromatic carbocycles. The molecule has 1 aromatic heterocycles. The predicted molar refractivity (Wildman–Crippen MR) is 122 cm³/mol. The van der Waals surface area contributed by atoms with Crippen molar-refractivity contribution in [3.63, 3.8) is 0 Å². The van der Waals surface area contributed by atoms with Crippen LogP contribution in [0.3, 0.4) is 0 Å². The number of hydrogen-bond acceptors (Lipinski definition) is 5. The number of sulfonamides is 1. The number of nitrogens with one attached hydrogen (secondary N) is 1. The Morgan fingerprint density at radius 1 is 1.15 bits per heavy atom. The maximum absolute atomic E-state index is 13.7. The average molecular weight is 494 g/mol. The Hall–Kier alpha value is -3.05. The van der Waals surface area contributed by atoms with Crippen molar-refractivity contribution >= 4 is 32.7 Å². The van der Waals surface area contributed by atoms with Crippen molar-refractivity contribution in [2.45, 2.75) is 44.0 Å². The quantitative estimate of drug-likeness (QED) is 0.541. The molecule has 182 valence electrons. The van der Waals surface area contributed by atoms with Crippen LogP contribution < -0.4 is 11.1 Å². The van der Waals surface area contributed by atoms with Crippen LogP contribution in [0.15, 0.2) is 50.5 Å². The van der Waals surface area contributed by atoms with E-state index >= 15 is 0 Å². The molecule has 2 heterocycles. The third-order valence-electron chi connectivity index (χ3n) is 5.98. The number of oxazole rings is 1. The van der Waals surface area contributed by atoms with Crippen LogP contribution in [0.2, 0.25) is 0 Å². The fourth-order valence-electron chi connectivity index (χ4n) is 4.20. The molecule has 0 bridgehead atoms. The smallest absolute Gasteiger partial charge is 0.408 e. The summed E-state index contributed by atoms with van der Waals surface area (Å²) < 4.78 is 61.1. The van der Waals surface area contributed by atoms with Crippen LogP contribution in [-0.4, -0.2) is 36.3 Å². The number of benzene rings is 2. The van der Waals surface area contributed by atoms with Crippen molar-refractivity contribution in [2.75, 3.05) is 18.4 Å². The lowest BCUT2D eigenvalue weighted by Gasteiger charge is -2.31. The van der Waals surface area contributed by atoms with E-state index < -0.39 is 33.3 Å². The summed E-state index contributed by atoms with van der Waals surface area (Å²) in [6.07, 6.45) is 1.76. The minimum Gasteiger partial charge on any atom is -0.408 e. The van der Waals surface area contributed by atoms with Crippen LogP contribution in [0.5, 0.6) is 0 Å². The first-order chi connectivity index (χ1) is 16.2. The maximum Gasteiger partial charge on any atom is 0.419 e. The number of piperidine rings is 1. The molecule has 1 aliphatic heterocycles. The number of nitrogens with zero attached hydrogens (tertiary/aromatic N) is 2. The van der Waals surface area contributed by atoms with Gasteiger partial charge in [-0.25, -0.2) is 22.0 Å². The number of halogens is 2. The first-order valence-electron chi connectivity index (χ1n) is 11.1. The highest BCUT2D eigenvalue weighted by molar-refractivity contribution is 7.89. The second kappa shape index (κ2) is 9.67. The summed E-state index contributed by atoms with van der Waals surface area (Å²) in [5, 5.41) is 2.43. The molecule has 1 fully saturated rings. The van der Waals surface area contributed by atoms with Crippen molar-refractivity contribution in [1.29, 1.82) is 0 Å². The Morgan fingerprint density at radius 3 is 2.56 bits per heavy atom. The highest BCUT2D eigenvalue weighted by atomic mass is 32.2. The van der Waals surface area contributed by atoms with Crippen LogP contribution in [0, 0.1) is 17.6 Å². The molecule has 1 N–H and O–H groups in total. The number of aryl methyl sites for hydroxylation is 1. The maximum atomic E-state index is 13.7. The third kappa shape index (κ3) is 4.90. The van der Waals surface area contributed by atoms with Gasteiger partial charge in [-0.2, -0.15) is 4.31 Å². The molecule has 1 aliphatic rings. The van der Waals surface area contributed by atoms with Crippen molar-refractivity contribution in [3.8, 4) is 0 Å². The molecule has 0 unspecified atom stereocenters. The van der Waals surface area contributed by atoms with Crippen molar-refractivity contribution < 1.29 is 26.4 Å². The third-order valence-corrected chi connectivity index (χ3v) is 7.87. The molecule has 4 rings (SSSR count). The lowest BCUT2D eigenvalue weighted by molar-refractivity contribution is -0.117. The van der Waals surface area contributed by atoms with Gasteiger partial charge >= 0.3 is 5.76 Å². The van der Waals surface area contributed by atoms with Gasteiger partial charge in [-0.05, 0) is 49.4 Å². The van der Waals surface area contributed by atoms with E-state index in [0.29, 0.717) is 31.0 Å². The SMILES string of the molecule is CCCn1c(=O)oc2cc(S(=O)(=O)N3CCC(CC(=O)Nc4ccc(F)cc4F)CC3)ccc21. The number of fused-ring (bicyclic) bond motifs is 1. The van der Waals surface area contributed by atoms with Crippen molar-refractivity contribution in [1.82, 2.24) is 8.87 Å². The molecular weight excluding hydrogens is 468 g/mol. The summed E-state index contributed by atoms with van der Waals surface area (Å²) >= 11 is 0. The van der Waals surface area contributed by atoms with Gasteiger partial charge in [0.25, 0.3) is 0 Å². The van der Waals surface area contributed by atoms with E-state index in [0.717, 1.165) is 18.6 Å². The first-order valence-corrected chi connectivity index (χ1v) is 12.5. The summed E-state index contributed by atoms with van der Waals surface area (Å²) in [5.41, 5.74) is 0.674. The molecule has 1 amide bonds. The molecule has 3 aromatic rings. The van der Waals surface area contributed by atoms with E-state index in [1.807, 2.05) is 6.92 Å². The van der Waals surface area contributed by atoms with E-state index in [-0.39, 0.29) is 41.6 Å². The number of carbonyl (C=O) groups is 1. The van der Waals surface area contributed by atoms with E-state index in [2.05, 4.69) is 5.32 Å². The fraction of sp³-hybridized carbons (Fsp3) is 0.391. The van der Waals surface area contributed by atoms with Crippen molar-refractivity contribution in [3.05, 3.63) is 58.6 Å². The zero-order valence-corrected chi connectivity index (χ0v) is 19.4. The Balaban J connectivity index is 1.39. The summed E-state index contributed by atoms with van der Waals surface area (Å²) in [7, 11) is -3.80. The summed E-state index contributed by atoms with van der Waals surface area (Å²) in [6, 6.07) is 7.33. The number of carbonyl (C=O) groups excluding carboxylic acids is 1. The Kier molecular flexibility index (Phi) is 6.85. The molecule has 11 heteroatoms. The molecule has 0 spiro atoms. The van der Waals surface area contributed by atoms with E-state index in [1.165, 1.54) is 21.0 Å². The predicted octanol–water partition coefficient (Wildman–Crippen LogP) is 3.71. The van der Waals surface area contributed by atoms with Gasteiger partial charge in [0.1, 0.15) is 11.6 Å². The molecule has 8 nitrogen and oxygen atoms in total. The minimum atomic E-state index is -3.80. The second-order valence-corrected chi connectivity index (χ2v) is 10.3. The molecular formula is C23H25F2N3O5S. The van der Waals surface area contributed by atoms with Crippen LogP contribution in [0.4, 0.5) is 14.5 Å². The lowest BCUT2D eigenvalue weighted by atomic mass is 9.94. The highest BCUT2D eigenvalue weighted by Crippen LogP contribution is 2.28. The normalized spacial score (nSPS) is 15.6.